The molecule has 0 aliphatic rings. The minimum Gasteiger partial charge on any atom is -0.398 e. The first kappa shape index (κ1) is 21.0. The van der Waals surface area contributed by atoms with Gasteiger partial charge in [-0.05, 0) is 29.8 Å². The number of rotatable bonds is 6. The molecule has 3 aromatic carbocycles. The minimum atomic E-state index is -1.14. The molecule has 7 nitrogen and oxygen atoms in total. The molecule has 0 heterocycles. The molecule has 0 aliphatic heterocycles. The molecule has 0 saturated carbocycles. The smallest absolute Gasteiger partial charge is 0.249 e. The van der Waals surface area contributed by atoms with Crippen LogP contribution >= 0.6 is 11.6 Å². The summed E-state index contributed by atoms with van der Waals surface area (Å²) in [6.45, 7) is 0. The van der Waals surface area contributed by atoms with Crippen molar-refractivity contribution >= 4 is 40.5 Å². The van der Waals surface area contributed by atoms with Crippen LogP contribution in [0.2, 0.25) is 5.02 Å². The number of nitrogens with two attached hydrogens (primary N) is 3. The van der Waals surface area contributed by atoms with Crippen LogP contribution in [0, 0.1) is 0 Å². The summed E-state index contributed by atoms with van der Waals surface area (Å²) in [5, 5.41) is 0.223. The van der Waals surface area contributed by atoms with Gasteiger partial charge in [-0.3, -0.25) is 15.0 Å². The standard InChI is InChI=1S/C22H20ClN5O2/c23-14-11-16(19(24)17(12-14)20(29)13-7-3-1-4-8-13)18(22(30)28-26)21(25)27-15-9-5-2-6-10-15/h1-12,18H,24,26H2,(H2,25,27)(H,28,30). The first-order valence-corrected chi connectivity index (χ1v) is 9.38. The molecule has 3 rings (SSSR count). The molecule has 8 heteroatoms. The van der Waals surface area contributed by atoms with E-state index in [9.17, 15) is 9.59 Å². The SMILES string of the molecule is NNC(=O)C(C(N)=Nc1ccccc1)c1cc(Cl)cc(C(=O)c2ccccc2)c1N. The number of anilines is 1. The Morgan fingerprint density at radius 1 is 0.967 bits per heavy atom. The largest absolute Gasteiger partial charge is 0.398 e. The Kier molecular flexibility index (Phi) is 6.46. The second-order valence-electron chi connectivity index (χ2n) is 6.47. The van der Waals surface area contributed by atoms with Crippen LogP contribution < -0.4 is 22.7 Å². The van der Waals surface area contributed by atoms with E-state index < -0.39 is 11.8 Å². The number of para-hydroxylation sites is 1. The van der Waals surface area contributed by atoms with Gasteiger partial charge in [-0.25, -0.2) is 10.8 Å². The Labute approximate surface area is 178 Å². The van der Waals surface area contributed by atoms with Crippen LogP contribution in [0.15, 0.2) is 77.8 Å². The van der Waals surface area contributed by atoms with E-state index in [1.165, 1.54) is 12.1 Å². The van der Waals surface area contributed by atoms with Gasteiger partial charge >= 0.3 is 0 Å². The predicted molar refractivity (Wildman–Crippen MR) is 119 cm³/mol. The van der Waals surface area contributed by atoms with Gasteiger partial charge in [0, 0.05) is 21.8 Å². The van der Waals surface area contributed by atoms with Gasteiger partial charge in [0.2, 0.25) is 5.91 Å². The molecule has 0 spiro atoms. The third-order valence-corrected chi connectivity index (χ3v) is 4.70. The maximum Gasteiger partial charge on any atom is 0.249 e. The minimum absolute atomic E-state index is 0.0452. The van der Waals surface area contributed by atoms with Gasteiger partial charge in [-0.2, -0.15) is 0 Å². The van der Waals surface area contributed by atoms with E-state index in [0.29, 0.717) is 11.3 Å². The van der Waals surface area contributed by atoms with E-state index in [1.807, 2.05) is 6.07 Å². The molecule has 152 valence electrons. The van der Waals surface area contributed by atoms with Crippen molar-refractivity contribution in [2.75, 3.05) is 5.73 Å². The van der Waals surface area contributed by atoms with E-state index >= 15 is 0 Å². The Morgan fingerprint density at radius 2 is 1.57 bits per heavy atom. The lowest BCUT2D eigenvalue weighted by Gasteiger charge is -2.19. The van der Waals surface area contributed by atoms with Gasteiger partial charge in [-0.15, -0.1) is 0 Å². The normalized spacial score (nSPS) is 12.3. The molecule has 7 N–H and O–H groups in total. The number of nitrogens with one attached hydrogen (secondary N) is 1. The van der Waals surface area contributed by atoms with Crippen molar-refractivity contribution in [1.82, 2.24) is 5.43 Å². The summed E-state index contributed by atoms with van der Waals surface area (Å²) in [4.78, 5) is 29.9. The third-order valence-electron chi connectivity index (χ3n) is 4.48. The average molecular weight is 422 g/mol. The summed E-state index contributed by atoms with van der Waals surface area (Å²) in [5.41, 5.74) is 16.0. The molecule has 1 amide bonds. The summed E-state index contributed by atoms with van der Waals surface area (Å²) in [7, 11) is 0. The molecule has 0 fully saturated rings. The number of hydrogen-bond acceptors (Lipinski definition) is 5. The van der Waals surface area contributed by atoms with Crippen LogP contribution in [0.5, 0.6) is 0 Å². The predicted octanol–water partition coefficient (Wildman–Crippen LogP) is 2.92. The summed E-state index contributed by atoms with van der Waals surface area (Å²) in [5.74, 6) is 3.21. The molecular formula is C22H20ClN5O2. The Balaban J connectivity index is 2.13. The zero-order valence-electron chi connectivity index (χ0n) is 15.9. The quantitative estimate of drug-likeness (QED) is 0.0922. The molecule has 0 bridgehead atoms. The number of carbonyl (C=O) groups excluding carboxylic acids is 2. The van der Waals surface area contributed by atoms with Crippen LogP contribution in [0.3, 0.4) is 0 Å². The number of amidine groups is 1. The molecule has 0 aliphatic carbocycles. The highest BCUT2D eigenvalue weighted by Gasteiger charge is 2.29. The van der Waals surface area contributed by atoms with E-state index in [4.69, 9.17) is 28.9 Å². The number of hydrazine groups is 1. The highest BCUT2D eigenvalue weighted by atomic mass is 35.5. The van der Waals surface area contributed by atoms with Crippen molar-refractivity contribution in [3.8, 4) is 0 Å². The zero-order valence-corrected chi connectivity index (χ0v) is 16.6. The van der Waals surface area contributed by atoms with Crippen molar-refractivity contribution in [2.45, 2.75) is 5.92 Å². The Bertz CT molecular complexity index is 1100. The summed E-state index contributed by atoms with van der Waals surface area (Å²) < 4.78 is 0. The van der Waals surface area contributed by atoms with Crippen LogP contribution in [0.1, 0.15) is 27.4 Å². The number of nitrogen functional groups attached to an aromatic ring is 1. The van der Waals surface area contributed by atoms with Gasteiger partial charge in [0.1, 0.15) is 11.8 Å². The van der Waals surface area contributed by atoms with Crippen molar-refractivity contribution in [1.29, 1.82) is 0 Å². The second-order valence-corrected chi connectivity index (χ2v) is 6.90. The molecule has 0 radical (unpaired) electrons. The summed E-state index contributed by atoms with van der Waals surface area (Å²) >= 11 is 6.26. The maximum atomic E-state index is 13.0. The van der Waals surface area contributed by atoms with Crippen molar-refractivity contribution < 1.29 is 9.59 Å². The van der Waals surface area contributed by atoms with Crippen molar-refractivity contribution in [3.05, 3.63) is 94.5 Å². The average Bonchev–Trinajstić information content (AvgIpc) is 2.76. The van der Waals surface area contributed by atoms with Crippen molar-refractivity contribution in [2.24, 2.45) is 16.6 Å². The fourth-order valence-electron chi connectivity index (χ4n) is 3.05. The number of aliphatic imine (C=N–C) groups is 1. The second kappa shape index (κ2) is 9.21. The van der Waals surface area contributed by atoms with E-state index in [1.54, 1.807) is 54.6 Å². The lowest BCUT2D eigenvalue weighted by atomic mass is 9.90. The van der Waals surface area contributed by atoms with Gasteiger partial charge < -0.3 is 11.5 Å². The number of ketones is 1. The molecule has 3 aromatic rings. The maximum absolute atomic E-state index is 13.0. The fourth-order valence-corrected chi connectivity index (χ4v) is 3.27. The monoisotopic (exact) mass is 421 g/mol. The number of carbonyl (C=O) groups is 2. The summed E-state index contributed by atoms with van der Waals surface area (Å²) in [6, 6.07) is 20.4. The van der Waals surface area contributed by atoms with Gasteiger partial charge in [0.25, 0.3) is 0 Å². The first-order chi connectivity index (χ1) is 14.4. The molecular weight excluding hydrogens is 402 g/mol. The molecule has 30 heavy (non-hydrogen) atoms. The van der Waals surface area contributed by atoms with Gasteiger partial charge in [-0.1, -0.05) is 60.1 Å². The number of halogens is 1. The first-order valence-electron chi connectivity index (χ1n) is 9.00. The van der Waals surface area contributed by atoms with E-state index in [0.717, 1.165) is 0 Å². The van der Waals surface area contributed by atoms with Gasteiger partial charge in [0.05, 0.1) is 5.69 Å². The lowest BCUT2D eigenvalue weighted by Crippen LogP contribution is -2.41. The highest BCUT2D eigenvalue weighted by Crippen LogP contribution is 2.32. The van der Waals surface area contributed by atoms with Crippen molar-refractivity contribution in [3.63, 3.8) is 0 Å². The number of amides is 1. The lowest BCUT2D eigenvalue weighted by molar-refractivity contribution is -0.121. The molecule has 1 unspecified atom stereocenters. The molecule has 1 atom stereocenters. The molecule has 0 aromatic heterocycles. The van der Waals surface area contributed by atoms with Crippen LogP contribution in [0.25, 0.3) is 0 Å². The third kappa shape index (κ3) is 4.48. The molecule has 0 saturated heterocycles. The van der Waals surface area contributed by atoms with Crippen LogP contribution in [0.4, 0.5) is 11.4 Å². The summed E-state index contributed by atoms with van der Waals surface area (Å²) in [6.07, 6.45) is 0. The number of hydrogen-bond donors (Lipinski definition) is 4. The van der Waals surface area contributed by atoms with Gasteiger partial charge in [0.15, 0.2) is 5.78 Å². The van der Waals surface area contributed by atoms with Crippen LogP contribution in [-0.2, 0) is 4.79 Å². The van der Waals surface area contributed by atoms with E-state index in [2.05, 4.69) is 10.4 Å². The van der Waals surface area contributed by atoms with E-state index in [-0.39, 0.29) is 33.5 Å². The Morgan fingerprint density at radius 3 is 2.17 bits per heavy atom. The topological polar surface area (TPSA) is 137 Å². The Hall–Kier alpha value is -3.68. The zero-order chi connectivity index (χ0) is 21.7. The number of nitrogens with zero attached hydrogens (tertiary/aromatic N) is 1. The highest BCUT2D eigenvalue weighted by molar-refractivity contribution is 6.31. The fraction of sp³-hybridized carbons (Fsp3) is 0.0455. The number of benzene rings is 3. The van der Waals surface area contributed by atoms with Crippen LogP contribution in [-0.4, -0.2) is 17.5 Å².